The summed E-state index contributed by atoms with van der Waals surface area (Å²) in [4.78, 5) is 18.0. The van der Waals surface area contributed by atoms with Gasteiger partial charge in [0.1, 0.15) is 0 Å². The highest BCUT2D eigenvalue weighted by Crippen LogP contribution is 2.32. The minimum Gasteiger partial charge on any atom is -0.454 e. The number of nitrogens with zero attached hydrogens (tertiary/aromatic N) is 2. The Hall–Kier alpha value is -2.44. The predicted octanol–water partition coefficient (Wildman–Crippen LogP) is 1.48. The number of fused-ring (bicyclic) bond motifs is 1. The molecule has 0 spiro atoms. The van der Waals surface area contributed by atoms with E-state index in [2.05, 4.69) is 15.6 Å². The van der Waals surface area contributed by atoms with Crippen LogP contribution in [0.3, 0.4) is 0 Å². The lowest BCUT2D eigenvalue weighted by molar-refractivity contribution is -0.121. The van der Waals surface area contributed by atoms with E-state index >= 15 is 0 Å². The monoisotopic (exact) mass is 346 g/mol. The second-order valence-electron chi connectivity index (χ2n) is 6.46. The molecule has 2 N–H and O–H groups in total. The van der Waals surface area contributed by atoms with Crippen LogP contribution in [0, 0.1) is 0 Å². The molecule has 1 fully saturated rings. The van der Waals surface area contributed by atoms with Crippen molar-refractivity contribution in [3.8, 4) is 11.5 Å². The molecule has 25 heavy (non-hydrogen) atoms. The minimum absolute atomic E-state index is 0.146. The SMILES string of the molecule is CN=C(NCCCC(=O)NC1CC1)N(C)Cc1ccc2c(c1)OCO2. The Morgan fingerprint density at radius 1 is 1.32 bits per heavy atom. The van der Waals surface area contributed by atoms with E-state index in [-0.39, 0.29) is 12.7 Å². The quantitative estimate of drug-likeness (QED) is 0.444. The molecule has 0 aromatic heterocycles. The highest BCUT2D eigenvalue weighted by Gasteiger charge is 2.22. The van der Waals surface area contributed by atoms with Gasteiger partial charge in [-0.15, -0.1) is 0 Å². The Labute approximate surface area is 148 Å². The number of aliphatic imine (C=N–C) groups is 1. The Bertz CT molecular complexity index is 643. The third-order valence-corrected chi connectivity index (χ3v) is 4.24. The van der Waals surface area contributed by atoms with Gasteiger partial charge in [0.2, 0.25) is 12.7 Å². The van der Waals surface area contributed by atoms with Gasteiger partial charge in [-0.3, -0.25) is 9.79 Å². The van der Waals surface area contributed by atoms with E-state index in [0.717, 1.165) is 48.8 Å². The molecule has 0 unspecified atom stereocenters. The van der Waals surface area contributed by atoms with Crippen molar-refractivity contribution in [3.63, 3.8) is 0 Å². The number of ether oxygens (including phenoxy) is 2. The Balaban J connectivity index is 1.41. The first-order valence-electron chi connectivity index (χ1n) is 8.75. The molecule has 1 aromatic carbocycles. The average Bonchev–Trinajstić information content (AvgIpc) is 3.28. The summed E-state index contributed by atoms with van der Waals surface area (Å²) in [5.74, 6) is 2.53. The predicted molar refractivity (Wildman–Crippen MR) is 95.8 cm³/mol. The van der Waals surface area contributed by atoms with E-state index in [0.29, 0.717) is 19.0 Å². The van der Waals surface area contributed by atoms with Crippen LogP contribution in [0.5, 0.6) is 11.5 Å². The molecule has 2 aliphatic rings. The molecule has 7 heteroatoms. The van der Waals surface area contributed by atoms with Crippen molar-refractivity contribution in [1.82, 2.24) is 15.5 Å². The van der Waals surface area contributed by atoms with E-state index in [1.165, 1.54) is 0 Å². The van der Waals surface area contributed by atoms with Crippen LogP contribution in [0.15, 0.2) is 23.2 Å². The molecule has 1 amide bonds. The normalized spacial score (nSPS) is 15.8. The van der Waals surface area contributed by atoms with E-state index in [9.17, 15) is 4.79 Å². The molecule has 0 atom stereocenters. The number of hydrogen-bond acceptors (Lipinski definition) is 4. The first-order chi connectivity index (χ1) is 12.2. The van der Waals surface area contributed by atoms with Crippen LogP contribution in [0.2, 0.25) is 0 Å². The van der Waals surface area contributed by atoms with Gasteiger partial charge in [0.15, 0.2) is 17.5 Å². The van der Waals surface area contributed by atoms with Crippen molar-refractivity contribution in [1.29, 1.82) is 0 Å². The number of carbonyl (C=O) groups is 1. The minimum atomic E-state index is 0.146. The number of hydrogen-bond donors (Lipinski definition) is 2. The molecule has 1 aliphatic heterocycles. The van der Waals surface area contributed by atoms with Gasteiger partial charge in [-0.25, -0.2) is 0 Å². The molecule has 0 saturated heterocycles. The maximum Gasteiger partial charge on any atom is 0.231 e. The lowest BCUT2D eigenvalue weighted by Gasteiger charge is -2.22. The van der Waals surface area contributed by atoms with Crippen molar-refractivity contribution in [2.45, 2.75) is 38.3 Å². The van der Waals surface area contributed by atoms with Crippen molar-refractivity contribution in [3.05, 3.63) is 23.8 Å². The molecule has 0 radical (unpaired) electrons. The first-order valence-corrected chi connectivity index (χ1v) is 8.75. The lowest BCUT2D eigenvalue weighted by Crippen LogP contribution is -2.39. The fourth-order valence-electron chi connectivity index (χ4n) is 2.75. The van der Waals surface area contributed by atoms with Crippen molar-refractivity contribution >= 4 is 11.9 Å². The van der Waals surface area contributed by atoms with Crippen LogP contribution in [-0.2, 0) is 11.3 Å². The Morgan fingerprint density at radius 3 is 2.88 bits per heavy atom. The van der Waals surface area contributed by atoms with E-state index in [1.54, 1.807) is 7.05 Å². The van der Waals surface area contributed by atoms with Gasteiger partial charge in [0, 0.05) is 39.6 Å². The van der Waals surface area contributed by atoms with E-state index < -0.39 is 0 Å². The van der Waals surface area contributed by atoms with Crippen LogP contribution >= 0.6 is 0 Å². The maximum absolute atomic E-state index is 11.7. The fourth-order valence-corrected chi connectivity index (χ4v) is 2.75. The first kappa shape index (κ1) is 17.4. The van der Waals surface area contributed by atoms with Crippen molar-refractivity contribution < 1.29 is 14.3 Å². The fraction of sp³-hybridized carbons (Fsp3) is 0.556. The molecule has 1 aliphatic carbocycles. The summed E-state index contributed by atoms with van der Waals surface area (Å²) in [6, 6.07) is 6.38. The number of guanidine groups is 1. The summed E-state index contributed by atoms with van der Waals surface area (Å²) in [5, 5.41) is 6.31. The van der Waals surface area contributed by atoms with Gasteiger partial charge >= 0.3 is 0 Å². The highest BCUT2D eigenvalue weighted by atomic mass is 16.7. The zero-order valence-electron chi connectivity index (χ0n) is 14.9. The topological polar surface area (TPSA) is 75.2 Å². The molecule has 136 valence electrons. The van der Waals surface area contributed by atoms with Crippen LogP contribution in [0.1, 0.15) is 31.2 Å². The molecule has 0 bridgehead atoms. The smallest absolute Gasteiger partial charge is 0.231 e. The van der Waals surface area contributed by atoms with E-state index in [1.807, 2.05) is 30.1 Å². The van der Waals surface area contributed by atoms with Gasteiger partial charge in [0.05, 0.1) is 0 Å². The number of nitrogens with one attached hydrogen (secondary N) is 2. The zero-order valence-corrected chi connectivity index (χ0v) is 14.9. The number of carbonyl (C=O) groups excluding carboxylic acids is 1. The lowest BCUT2D eigenvalue weighted by atomic mass is 10.2. The number of amides is 1. The molecular weight excluding hydrogens is 320 g/mol. The van der Waals surface area contributed by atoms with Gasteiger partial charge < -0.3 is 25.0 Å². The molecule has 1 heterocycles. The third kappa shape index (κ3) is 5.01. The largest absolute Gasteiger partial charge is 0.454 e. The summed E-state index contributed by atoms with van der Waals surface area (Å²) in [7, 11) is 3.75. The molecular formula is C18H26N4O3. The van der Waals surface area contributed by atoms with Crippen LogP contribution < -0.4 is 20.1 Å². The van der Waals surface area contributed by atoms with Crippen LogP contribution in [-0.4, -0.2) is 50.2 Å². The standard InChI is InChI=1S/C18H26N4O3/c1-19-18(20-9-3-4-17(23)21-14-6-7-14)22(2)11-13-5-8-15-16(10-13)25-12-24-15/h5,8,10,14H,3-4,6-7,9,11-12H2,1-2H3,(H,19,20)(H,21,23). The highest BCUT2D eigenvalue weighted by molar-refractivity contribution is 5.80. The van der Waals surface area contributed by atoms with Crippen LogP contribution in [0.4, 0.5) is 0 Å². The summed E-state index contributed by atoms with van der Waals surface area (Å²) in [6.45, 7) is 1.71. The summed E-state index contributed by atoms with van der Waals surface area (Å²) in [6.07, 6.45) is 3.59. The second-order valence-corrected chi connectivity index (χ2v) is 6.46. The Kier molecular flexibility index (Phi) is 5.63. The molecule has 1 saturated carbocycles. The zero-order chi connectivity index (χ0) is 17.6. The maximum atomic E-state index is 11.7. The number of rotatable bonds is 7. The Morgan fingerprint density at radius 2 is 2.12 bits per heavy atom. The third-order valence-electron chi connectivity index (χ3n) is 4.24. The molecule has 1 aromatic rings. The summed E-state index contributed by atoms with van der Waals surface area (Å²) in [5.41, 5.74) is 1.12. The van der Waals surface area contributed by atoms with Gasteiger partial charge in [-0.1, -0.05) is 6.07 Å². The van der Waals surface area contributed by atoms with Crippen LogP contribution in [0.25, 0.3) is 0 Å². The van der Waals surface area contributed by atoms with Gasteiger partial charge in [0.25, 0.3) is 0 Å². The second kappa shape index (κ2) is 8.09. The molecule has 7 nitrogen and oxygen atoms in total. The summed E-state index contributed by atoms with van der Waals surface area (Å²) >= 11 is 0. The van der Waals surface area contributed by atoms with E-state index in [4.69, 9.17) is 9.47 Å². The van der Waals surface area contributed by atoms with Crippen molar-refractivity contribution in [2.75, 3.05) is 27.4 Å². The van der Waals surface area contributed by atoms with Gasteiger partial charge in [-0.05, 0) is 37.0 Å². The van der Waals surface area contributed by atoms with Gasteiger partial charge in [-0.2, -0.15) is 0 Å². The average molecular weight is 346 g/mol. The number of benzene rings is 1. The van der Waals surface area contributed by atoms with Crippen molar-refractivity contribution in [2.24, 2.45) is 4.99 Å². The molecule has 3 rings (SSSR count). The summed E-state index contributed by atoms with van der Waals surface area (Å²) < 4.78 is 10.8.